The molecule has 80 valence electrons. The molecular weight excluding hydrogens is 230 g/mol. The SMILES string of the molecule is CC#CCCNc1cc(Cl)nc(SC)n1. The summed E-state index contributed by atoms with van der Waals surface area (Å²) in [7, 11) is 0. The number of nitrogens with zero attached hydrogens (tertiary/aromatic N) is 2. The van der Waals surface area contributed by atoms with Crippen LogP contribution >= 0.6 is 23.4 Å². The number of aromatic nitrogens is 2. The molecule has 5 heteroatoms. The third-order valence-corrected chi connectivity index (χ3v) is 2.33. The number of halogens is 1. The first kappa shape index (κ1) is 12.2. The van der Waals surface area contributed by atoms with E-state index < -0.39 is 0 Å². The molecular formula is C10H12ClN3S. The molecule has 0 amide bonds. The van der Waals surface area contributed by atoms with E-state index in [-0.39, 0.29) is 0 Å². The molecule has 0 atom stereocenters. The summed E-state index contributed by atoms with van der Waals surface area (Å²) in [5, 5.41) is 4.27. The maximum absolute atomic E-state index is 5.84. The van der Waals surface area contributed by atoms with Gasteiger partial charge in [-0.15, -0.1) is 11.8 Å². The predicted octanol–water partition coefficient (Wildman–Crippen LogP) is 2.68. The lowest BCUT2D eigenvalue weighted by atomic mass is 10.4. The highest BCUT2D eigenvalue weighted by atomic mass is 35.5. The van der Waals surface area contributed by atoms with E-state index in [2.05, 4.69) is 27.1 Å². The normalized spacial score (nSPS) is 9.27. The second-order valence-electron chi connectivity index (χ2n) is 2.67. The van der Waals surface area contributed by atoms with Gasteiger partial charge in [0.1, 0.15) is 11.0 Å². The fraction of sp³-hybridized carbons (Fsp3) is 0.400. The van der Waals surface area contributed by atoms with Gasteiger partial charge >= 0.3 is 0 Å². The highest BCUT2D eigenvalue weighted by Crippen LogP contribution is 2.16. The van der Waals surface area contributed by atoms with Crippen LogP contribution in [0.2, 0.25) is 5.15 Å². The van der Waals surface area contributed by atoms with E-state index in [9.17, 15) is 0 Å². The number of hydrogen-bond acceptors (Lipinski definition) is 4. The minimum atomic E-state index is 0.457. The van der Waals surface area contributed by atoms with Crippen LogP contribution in [0.15, 0.2) is 11.2 Å². The fourth-order valence-corrected chi connectivity index (χ4v) is 1.57. The molecule has 0 aliphatic heterocycles. The van der Waals surface area contributed by atoms with Crippen LogP contribution in [0.4, 0.5) is 5.82 Å². The molecule has 3 nitrogen and oxygen atoms in total. The Hall–Kier alpha value is -0.920. The van der Waals surface area contributed by atoms with Crippen LogP contribution in [0.5, 0.6) is 0 Å². The second-order valence-corrected chi connectivity index (χ2v) is 3.83. The molecule has 1 aromatic rings. The van der Waals surface area contributed by atoms with E-state index in [0.717, 1.165) is 18.8 Å². The summed E-state index contributed by atoms with van der Waals surface area (Å²) in [5.74, 6) is 6.55. The van der Waals surface area contributed by atoms with Gasteiger partial charge in [-0.3, -0.25) is 0 Å². The van der Waals surface area contributed by atoms with Gasteiger partial charge in [0.25, 0.3) is 0 Å². The van der Waals surface area contributed by atoms with Crippen molar-refractivity contribution in [1.82, 2.24) is 9.97 Å². The standard InChI is InChI=1S/C10H12ClN3S/c1-3-4-5-6-12-9-7-8(11)13-10(14-9)15-2/h7H,5-6H2,1-2H3,(H,12,13,14). The lowest BCUT2D eigenvalue weighted by Crippen LogP contribution is -2.03. The molecule has 15 heavy (non-hydrogen) atoms. The molecule has 0 bridgehead atoms. The minimum Gasteiger partial charge on any atom is -0.369 e. The van der Waals surface area contributed by atoms with Crippen molar-refractivity contribution < 1.29 is 0 Å². The highest BCUT2D eigenvalue weighted by Gasteiger charge is 2.00. The number of rotatable bonds is 4. The van der Waals surface area contributed by atoms with Crippen LogP contribution in [0.1, 0.15) is 13.3 Å². The number of hydrogen-bond donors (Lipinski definition) is 1. The van der Waals surface area contributed by atoms with E-state index in [0.29, 0.717) is 10.3 Å². The van der Waals surface area contributed by atoms with Gasteiger partial charge in [0, 0.05) is 19.0 Å². The first-order valence-corrected chi connectivity index (χ1v) is 6.08. The molecule has 0 saturated carbocycles. The van der Waals surface area contributed by atoms with Gasteiger partial charge < -0.3 is 5.32 Å². The van der Waals surface area contributed by atoms with E-state index >= 15 is 0 Å². The van der Waals surface area contributed by atoms with E-state index in [1.54, 1.807) is 6.07 Å². The molecule has 0 aromatic carbocycles. The Morgan fingerprint density at radius 3 is 3.00 bits per heavy atom. The third-order valence-electron chi connectivity index (χ3n) is 1.59. The van der Waals surface area contributed by atoms with Crippen molar-refractivity contribution in [2.24, 2.45) is 0 Å². The zero-order valence-electron chi connectivity index (χ0n) is 8.67. The summed E-state index contributed by atoms with van der Waals surface area (Å²) in [5.41, 5.74) is 0. The van der Waals surface area contributed by atoms with Crippen LogP contribution in [0, 0.1) is 11.8 Å². The van der Waals surface area contributed by atoms with Gasteiger partial charge in [-0.25, -0.2) is 9.97 Å². The lowest BCUT2D eigenvalue weighted by Gasteiger charge is -2.04. The smallest absolute Gasteiger partial charge is 0.190 e. The number of nitrogens with one attached hydrogen (secondary N) is 1. The first-order chi connectivity index (χ1) is 7.26. The van der Waals surface area contributed by atoms with Crippen molar-refractivity contribution in [3.8, 4) is 11.8 Å². The molecule has 1 N–H and O–H groups in total. The van der Waals surface area contributed by atoms with E-state index in [1.807, 2.05) is 13.2 Å². The molecule has 0 spiro atoms. The summed E-state index contributed by atoms with van der Waals surface area (Å²) in [4.78, 5) is 8.30. The lowest BCUT2D eigenvalue weighted by molar-refractivity contribution is 0.954. The Bertz CT molecular complexity index is 384. The maximum Gasteiger partial charge on any atom is 0.190 e. The Balaban J connectivity index is 2.59. The largest absolute Gasteiger partial charge is 0.369 e. The zero-order valence-corrected chi connectivity index (χ0v) is 10.2. The zero-order chi connectivity index (χ0) is 11.1. The van der Waals surface area contributed by atoms with E-state index in [1.165, 1.54) is 11.8 Å². The van der Waals surface area contributed by atoms with Crippen molar-refractivity contribution in [1.29, 1.82) is 0 Å². The fourth-order valence-electron chi connectivity index (χ4n) is 0.957. The molecule has 0 aliphatic carbocycles. The molecule has 0 fully saturated rings. The molecule has 1 aromatic heterocycles. The van der Waals surface area contributed by atoms with Crippen LogP contribution < -0.4 is 5.32 Å². The second kappa shape index (κ2) is 6.54. The molecule has 1 rings (SSSR count). The topological polar surface area (TPSA) is 37.8 Å². The van der Waals surface area contributed by atoms with Crippen molar-refractivity contribution in [3.05, 3.63) is 11.2 Å². The Morgan fingerprint density at radius 2 is 2.33 bits per heavy atom. The van der Waals surface area contributed by atoms with Crippen molar-refractivity contribution in [3.63, 3.8) is 0 Å². The van der Waals surface area contributed by atoms with Crippen LogP contribution in [0.25, 0.3) is 0 Å². The minimum absolute atomic E-state index is 0.457. The molecule has 0 aliphatic rings. The molecule has 0 saturated heterocycles. The van der Waals surface area contributed by atoms with Gasteiger partial charge in [-0.1, -0.05) is 23.4 Å². The maximum atomic E-state index is 5.84. The first-order valence-electron chi connectivity index (χ1n) is 4.48. The van der Waals surface area contributed by atoms with Gasteiger partial charge in [-0.05, 0) is 13.2 Å². The summed E-state index contributed by atoms with van der Waals surface area (Å²) in [6.07, 6.45) is 2.71. The van der Waals surface area contributed by atoms with Crippen molar-refractivity contribution >= 4 is 29.2 Å². The molecule has 1 heterocycles. The van der Waals surface area contributed by atoms with Gasteiger partial charge in [-0.2, -0.15) is 0 Å². The van der Waals surface area contributed by atoms with Crippen LogP contribution in [-0.4, -0.2) is 22.8 Å². The number of anilines is 1. The number of thioether (sulfide) groups is 1. The Morgan fingerprint density at radius 1 is 1.53 bits per heavy atom. The quantitative estimate of drug-likeness (QED) is 0.289. The van der Waals surface area contributed by atoms with Crippen molar-refractivity contribution in [2.45, 2.75) is 18.5 Å². The van der Waals surface area contributed by atoms with Crippen LogP contribution in [-0.2, 0) is 0 Å². The summed E-state index contributed by atoms with van der Waals surface area (Å²) in [6, 6.07) is 1.71. The van der Waals surface area contributed by atoms with Gasteiger partial charge in [0.2, 0.25) is 0 Å². The summed E-state index contributed by atoms with van der Waals surface area (Å²) in [6.45, 7) is 2.59. The molecule has 0 unspecified atom stereocenters. The highest BCUT2D eigenvalue weighted by molar-refractivity contribution is 7.98. The Labute approximate surface area is 99.0 Å². The summed E-state index contributed by atoms with van der Waals surface area (Å²) >= 11 is 7.30. The molecule has 0 radical (unpaired) electrons. The van der Waals surface area contributed by atoms with E-state index in [4.69, 9.17) is 11.6 Å². The average molecular weight is 242 g/mol. The predicted molar refractivity (Wildman–Crippen MR) is 65.4 cm³/mol. The monoisotopic (exact) mass is 241 g/mol. The third kappa shape index (κ3) is 4.41. The average Bonchev–Trinajstić information content (AvgIpc) is 2.23. The van der Waals surface area contributed by atoms with Gasteiger partial charge in [0.15, 0.2) is 5.16 Å². The van der Waals surface area contributed by atoms with Crippen molar-refractivity contribution in [2.75, 3.05) is 18.1 Å². The van der Waals surface area contributed by atoms with Gasteiger partial charge in [0.05, 0.1) is 0 Å². The summed E-state index contributed by atoms with van der Waals surface area (Å²) < 4.78 is 0. The Kier molecular flexibility index (Phi) is 5.30. The van der Waals surface area contributed by atoms with Crippen LogP contribution in [0.3, 0.4) is 0 Å².